The van der Waals surface area contributed by atoms with Crippen molar-refractivity contribution in [1.82, 2.24) is 0 Å². The number of anilines is 1. The lowest BCUT2D eigenvalue weighted by molar-refractivity contribution is 0.100. The lowest BCUT2D eigenvalue weighted by Gasteiger charge is -2.11. The minimum atomic E-state index is -0.540. The first-order chi connectivity index (χ1) is 10.0. The first-order valence-corrected chi connectivity index (χ1v) is 7.34. The third-order valence-electron chi connectivity index (χ3n) is 2.97. The summed E-state index contributed by atoms with van der Waals surface area (Å²) in [6.07, 6.45) is 0. The summed E-state index contributed by atoms with van der Waals surface area (Å²) in [6.45, 7) is 0.587. The maximum absolute atomic E-state index is 11.1. The molecule has 0 bridgehead atoms. The number of carbonyl (C=O) groups excluding carboxylic acids is 1. The zero-order valence-electron chi connectivity index (χ0n) is 11.3. The number of nitrogens with two attached hydrogens (primary N) is 1. The summed E-state index contributed by atoms with van der Waals surface area (Å²) >= 11 is 9.51. The average molecular weight is 370 g/mol. The van der Waals surface area contributed by atoms with Crippen LogP contribution in [-0.4, -0.2) is 13.0 Å². The SMILES string of the molecule is COc1ccc(Br)c(CNc2ccc(C(N)=O)c(Cl)c2)c1. The molecule has 0 aliphatic carbocycles. The zero-order chi connectivity index (χ0) is 15.4. The van der Waals surface area contributed by atoms with Crippen molar-refractivity contribution in [2.24, 2.45) is 5.73 Å². The van der Waals surface area contributed by atoms with Gasteiger partial charge in [0.1, 0.15) is 5.75 Å². The van der Waals surface area contributed by atoms with Crippen LogP contribution in [0.2, 0.25) is 5.02 Å². The number of carbonyl (C=O) groups is 1. The maximum atomic E-state index is 11.1. The quantitative estimate of drug-likeness (QED) is 0.842. The monoisotopic (exact) mass is 368 g/mol. The van der Waals surface area contributed by atoms with Gasteiger partial charge < -0.3 is 15.8 Å². The Morgan fingerprint density at radius 3 is 2.71 bits per heavy atom. The van der Waals surface area contributed by atoms with Crippen molar-refractivity contribution in [2.45, 2.75) is 6.54 Å². The molecule has 0 saturated heterocycles. The van der Waals surface area contributed by atoms with Gasteiger partial charge in [0, 0.05) is 16.7 Å². The second-order valence-corrected chi connectivity index (χ2v) is 5.63. The van der Waals surface area contributed by atoms with E-state index in [1.54, 1.807) is 25.3 Å². The van der Waals surface area contributed by atoms with E-state index in [1.165, 1.54) is 0 Å². The first-order valence-electron chi connectivity index (χ1n) is 6.17. The number of benzene rings is 2. The fraction of sp³-hybridized carbons (Fsp3) is 0.133. The van der Waals surface area contributed by atoms with E-state index in [9.17, 15) is 4.79 Å². The van der Waals surface area contributed by atoms with Crippen LogP contribution in [0.1, 0.15) is 15.9 Å². The molecule has 0 radical (unpaired) electrons. The summed E-state index contributed by atoms with van der Waals surface area (Å²) in [5.41, 5.74) is 7.38. The molecule has 0 aliphatic rings. The molecular formula is C15H14BrClN2O2. The molecule has 21 heavy (non-hydrogen) atoms. The van der Waals surface area contributed by atoms with Gasteiger partial charge in [0.25, 0.3) is 0 Å². The Balaban J connectivity index is 2.13. The van der Waals surface area contributed by atoms with Crippen molar-refractivity contribution in [2.75, 3.05) is 12.4 Å². The number of primary amides is 1. The highest BCUT2D eigenvalue weighted by Gasteiger charge is 2.07. The van der Waals surface area contributed by atoms with Crippen molar-refractivity contribution in [1.29, 1.82) is 0 Å². The van der Waals surface area contributed by atoms with Crippen LogP contribution in [0.4, 0.5) is 5.69 Å². The van der Waals surface area contributed by atoms with Gasteiger partial charge in [0.05, 0.1) is 17.7 Å². The van der Waals surface area contributed by atoms with Crippen LogP contribution in [0.15, 0.2) is 40.9 Å². The van der Waals surface area contributed by atoms with Crippen LogP contribution < -0.4 is 15.8 Å². The standard InChI is InChI=1S/C15H14BrClN2O2/c1-21-11-3-5-13(16)9(6-11)8-19-10-2-4-12(15(18)20)14(17)7-10/h2-7,19H,8H2,1H3,(H2,18,20). The average Bonchev–Trinajstić information content (AvgIpc) is 2.46. The van der Waals surface area contributed by atoms with Crippen LogP contribution in [0.3, 0.4) is 0 Å². The predicted molar refractivity (Wildman–Crippen MR) is 88.0 cm³/mol. The lowest BCUT2D eigenvalue weighted by Crippen LogP contribution is -2.11. The van der Waals surface area contributed by atoms with Crippen LogP contribution in [0.25, 0.3) is 0 Å². The molecule has 2 aromatic carbocycles. The van der Waals surface area contributed by atoms with Gasteiger partial charge >= 0.3 is 0 Å². The molecule has 0 spiro atoms. The predicted octanol–water partition coefficient (Wildman–Crippen LogP) is 3.82. The van der Waals surface area contributed by atoms with Gasteiger partial charge in [-0.1, -0.05) is 27.5 Å². The Hall–Kier alpha value is -1.72. The number of amides is 1. The lowest BCUT2D eigenvalue weighted by atomic mass is 10.1. The van der Waals surface area contributed by atoms with E-state index in [4.69, 9.17) is 22.1 Å². The van der Waals surface area contributed by atoms with Crippen LogP contribution in [0, 0.1) is 0 Å². The second kappa shape index (κ2) is 6.83. The van der Waals surface area contributed by atoms with Crippen LogP contribution in [0.5, 0.6) is 5.75 Å². The van der Waals surface area contributed by atoms with Crippen molar-refractivity contribution in [3.05, 3.63) is 57.0 Å². The Morgan fingerprint density at radius 1 is 1.33 bits per heavy atom. The van der Waals surface area contributed by atoms with Crippen LogP contribution >= 0.6 is 27.5 Å². The molecule has 6 heteroatoms. The van der Waals surface area contributed by atoms with Gasteiger partial charge in [-0.25, -0.2) is 0 Å². The molecular weight excluding hydrogens is 356 g/mol. The van der Waals surface area contributed by atoms with Crippen molar-refractivity contribution >= 4 is 39.1 Å². The van der Waals surface area contributed by atoms with Crippen LogP contribution in [-0.2, 0) is 6.54 Å². The Labute approximate surface area is 136 Å². The van der Waals surface area contributed by atoms with E-state index in [0.717, 1.165) is 21.5 Å². The molecule has 0 atom stereocenters. The Kier molecular flexibility index (Phi) is 5.09. The van der Waals surface area contributed by atoms with Gasteiger partial charge in [0.2, 0.25) is 5.91 Å². The molecule has 2 aromatic rings. The third kappa shape index (κ3) is 3.89. The number of nitrogens with one attached hydrogen (secondary N) is 1. The Morgan fingerprint density at radius 2 is 2.10 bits per heavy atom. The van der Waals surface area contributed by atoms with Crippen molar-refractivity contribution < 1.29 is 9.53 Å². The summed E-state index contributed by atoms with van der Waals surface area (Å²) in [7, 11) is 1.63. The highest BCUT2D eigenvalue weighted by atomic mass is 79.9. The van der Waals surface area contributed by atoms with Gasteiger partial charge in [0.15, 0.2) is 0 Å². The second-order valence-electron chi connectivity index (χ2n) is 4.37. The number of halogens is 2. The van der Waals surface area contributed by atoms with Crippen molar-refractivity contribution in [3.63, 3.8) is 0 Å². The number of ether oxygens (including phenoxy) is 1. The molecule has 3 N–H and O–H groups in total. The van der Waals surface area contributed by atoms with E-state index in [1.807, 2.05) is 18.2 Å². The molecule has 0 fully saturated rings. The van der Waals surface area contributed by atoms with Gasteiger partial charge in [-0.15, -0.1) is 0 Å². The molecule has 0 heterocycles. The highest BCUT2D eigenvalue weighted by molar-refractivity contribution is 9.10. The molecule has 2 rings (SSSR count). The van der Waals surface area contributed by atoms with Crippen molar-refractivity contribution in [3.8, 4) is 5.75 Å². The molecule has 0 unspecified atom stereocenters. The number of hydrogen-bond donors (Lipinski definition) is 2. The zero-order valence-corrected chi connectivity index (χ0v) is 13.7. The summed E-state index contributed by atoms with van der Waals surface area (Å²) in [5.74, 6) is 0.249. The van der Waals surface area contributed by atoms with E-state index in [2.05, 4.69) is 21.2 Å². The van der Waals surface area contributed by atoms with Gasteiger partial charge in [-0.3, -0.25) is 4.79 Å². The highest BCUT2D eigenvalue weighted by Crippen LogP contribution is 2.25. The minimum Gasteiger partial charge on any atom is -0.497 e. The summed E-state index contributed by atoms with van der Waals surface area (Å²) in [5, 5.41) is 3.57. The number of methoxy groups -OCH3 is 1. The summed E-state index contributed by atoms with van der Waals surface area (Å²) in [6, 6.07) is 10.8. The van der Waals surface area contributed by atoms with Gasteiger partial charge in [-0.05, 0) is 42.0 Å². The molecule has 110 valence electrons. The van der Waals surface area contributed by atoms with E-state index in [-0.39, 0.29) is 0 Å². The fourth-order valence-electron chi connectivity index (χ4n) is 1.84. The maximum Gasteiger partial charge on any atom is 0.250 e. The third-order valence-corrected chi connectivity index (χ3v) is 4.06. The summed E-state index contributed by atoms with van der Waals surface area (Å²) in [4.78, 5) is 11.1. The topological polar surface area (TPSA) is 64.3 Å². The van der Waals surface area contributed by atoms with E-state index in [0.29, 0.717) is 17.1 Å². The largest absolute Gasteiger partial charge is 0.497 e. The fourth-order valence-corrected chi connectivity index (χ4v) is 2.50. The first kappa shape index (κ1) is 15.7. The number of hydrogen-bond acceptors (Lipinski definition) is 3. The Bertz CT molecular complexity index is 677. The molecule has 0 aromatic heterocycles. The van der Waals surface area contributed by atoms with Gasteiger partial charge in [-0.2, -0.15) is 0 Å². The smallest absolute Gasteiger partial charge is 0.250 e. The van der Waals surface area contributed by atoms with E-state index >= 15 is 0 Å². The molecule has 0 aliphatic heterocycles. The molecule has 4 nitrogen and oxygen atoms in total. The molecule has 1 amide bonds. The normalized spacial score (nSPS) is 10.2. The summed E-state index contributed by atoms with van der Waals surface area (Å²) < 4.78 is 6.18. The number of rotatable bonds is 5. The van der Waals surface area contributed by atoms with E-state index < -0.39 is 5.91 Å². The molecule has 0 saturated carbocycles. The minimum absolute atomic E-state index is 0.310.